The number of fused-ring (bicyclic) bond motifs is 3. The minimum Gasteiger partial charge on any atom is -0.358 e. The summed E-state index contributed by atoms with van der Waals surface area (Å²) in [6.07, 6.45) is 2.42. The van der Waals surface area contributed by atoms with Crippen LogP contribution in [0.5, 0.6) is 0 Å². The van der Waals surface area contributed by atoms with Crippen molar-refractivity contribution in [1.29, 1.82) is 0 Å². The number of H-pyrrole nitrogens is 1. The highest BCUT2D eigenvalue weighted by Crippen LogP contribution is 2.36. The number of benzene rings is 1. The lowest BCUT2D eigenvalue weighted by atomic mass is 10.1. The highest BCUT2D eigenvalue weighted by molar-refractivity contribution is 5.85. The summed E-state index contributed by atoms with van der Waals surface area (Å²) in [6, 6.07) is 9.16. The van der Waals surface area contributed by atoms with Crippen LogP contribution in [0.15, 0.2) is 24.3 Å². The molecule has 0 saturated carbocycles. The molecule has 78 valence electrons. The third-order valence-corrected chi connectivity index (χ3v) is 3.31. The fourth-order valence-corrected chi connectivity index (χ4v) is 2.70. The van der Waals surface area contributed by atoms with Crippen molar-refractivity contribution in [3.8, 4) is 0 Å². The first kappa shape index (κ1) is 8.98. The first-order valence-corrected chi connectivity index (χ1v) is 5.73. The normalized spacial score (nSPS) is 19.7. The minimum atomic E-state index is 0.557. The van der Waals surface area contributed by atoms with Gasteiger partial charge in [0.05, 0.1) is 0 Å². The summed E-state index contributed by atoms with van der Waals surface area (Å²) in [5.74, 6) is 0. The maximum atomic E-state index is 3.56. The molecule has 1 unspecified atom stereocenters. The SMILES string of the molecule is CCNC1CCc2[nH]c3ccccc3c21. The number of hydrogen-bond donors (Lipinski definition) is 2. The van der Waals surface area contributed by atoms with Crippen molar-refractivity contribution in [2.24, 2.45) is 0 Å². The Bertz CT molecular complexity index is 484. The summed E-state index contributed by atoms with van der Waals surface area (Å²) in [5, 5.41) is 4.96. The molecular formula is C13H16N2. The average Bonchev–Trinajstić information content (AvgIpc) is 2.78. The van der Waals surface area contributed by atoms with E-state index in [9.17, 15) is 0 Å². The molecule has 1 aliphatic rings. The third-order valence-electron chi connectivity index (χ3n) is 3.31. The highest BCUT2D eigenvalue weighted by atomic mass is 14.9. The van der Waals surface area contributed by atoms with E-state index in [1.54, 1.807) is 0 Å². The Morgan fingerprint density at radius 1 is 1.40 bits per heavy atom. The van der Waals surface area contributed by atoms with Gasteiger partial charge in [0.15, 0.2) is 0 Å². The van der Waals surface area contributed by atoms with Gasteiger partial charge in [0, 0.05) is 22.6 Å². The molecule has 0 saturated heterocycles. The highest BCUT2D eigenvalue weighted by Gasteiger charge is 2.25. The van der Waals surface area contributed by atoms with E-state index in [0.29, 0.717) is 6.04 Å². The Morgan fingerprint density at radius 2 is 2.27 bits per heavy atom. The van der Waals surface area contributed by atoms with Crippen LogP contribution in [-0.2, 0) is 6.42 Å². The maximum Gasteiger partial charge on any atom is 0.0459 e. The van der Waals surface area contributed by atoms with Gasteiger partial charge in [-0.3, -0.25) is 0 Å². The van der Waals surface area contributed by atoms with Crippen molar-refractivity contribution in [3.05, 3.63) is 35.5 Å². The summed E-state index contributed by atoms with van der Waals surface area (Å²) in [6.45, 7) is 3.22. The zero-order valence-corrected chi connectivity index (χ0v) is 9.01. The molecule has 2 aromatic rings. The molecule has 1 aromatic carbocycles. The first-order valence-electron chi connectivity index (χ1n) is 5.73. The minimum absolute atomic E-state index is 0.557. The molecule has 2 nitrogen and oxygen atoms in total. The van der Waals surface area contributed by atoms with Gasteiger partial charge in [-0.1, -0.05) is 25.1 Å². The summed E-state index contributed by atoms with van der Waals surface area (Å²) in [4.78, 5) is 3.52. The molecule has 1 heterocycles. The van der Waals surface area contributed by atoms with E-state index in [0.717, 1.165) is 6.54 Å². The predicted octanol–water partition coefficient (Wildman–Crippen LogP) is 2.76. The van der Waals surface area contributed by atoms with Crippen molar-refractivity contribution in [1.82, 2.24) is 10.3 Å². The largest absolute Gasteiger partial charge is 0.358 e. The van der Waals surface area contributed by atoms with Crippen LogP contribution >= 0.6 is 0 Å². The van der Waals surface area contributed by atoms with Crippen LogP contribution < -0.4 is 5.32 Å². The molecule has 2 heteroatoms. The van der Waals surface area contributed by atoms with Crippen LogP contribution in [0.3, 0.4) is 0 Å². The van der Waals surface area contributed by atoms with Crippen LogP contribution in [0.4, 0.5) is 0 Å². The zero-order valence-electron chi connectivity index (χ0n) is 9.01. The molecule has 2 N–H and O–H groups in total. The second kappa shape index (κ2) is 3.38. The van der Waals surface area contributed by atoms with Gasteiger partial charge in [-0.15, -0.1) is 0 Å². The van der Waals surface area contributed by atoms with E-state index in [1.165, 1.54) is 35.0 Å². The standard InChI is InChI=1S/C13H16N2/c1-2-14-11-7-8-12-13(11)9-5-3-4-6-10(9)15-12/h3-6,11,14-15H,2,7-8H2,1H3. The Hall–Kier alpha value is -1.28. The van der Waals surface area contributed by atoms with Crippen molar-refractivity contribution in [2.75, 3.05) is 6.54 Å². The van der Waals surface area contributed by atoms with Gasteiger partial charge >= 0.3 is 0 Å². The molecule has 1 aliphatic carbocycles. The maximum absolute atomic E-state index is 3.56. The van der Waals surface area contributed by atoms with E-state index >= 15 is 0 Å². The van der Waals surface area contributed by atoms with Crippen molar-refractivity contribution in [3.63, 3.8) is 0 Å². The number of aryl methyl sites for hydroxylation is 1. The quantitative estimate of drug-likeness (QED) is 0.766. The van der Waals surface area contributed by atoms with E-state index in [2.05, 4.69) is 41.5 Å². The predicted molar refractivity (Wildman–Crippen MR) is 63.0 cm³/mol. The Morgan fingerprint density at radius 3 is 3.13 bits per heavy atom. The van der Waals surface area contributed by atoms with Gasteiger partial charge in [-0.2, -0.15) is 0 Å². The van der Waals surface area contributed by atoms with Gasteiger partial charge < -0.3 is 10.3 Å². The molecule has 0 radical (unpaired) electrons. The number of aromatic amines is 1. The summed E-state index contributed by atoms with van der Waals surface area (Å²) in [7, 11) is 0. The molecule has 0 bridgehead atoms. The molecule has 1 atom stereocenters. The number of aromatic nitrogens is 1. The Labute approximate surface area is 89.7 Å². The van der Waals surface area contributed by atoms with E-state index in [1.807, 2.05) is 0 Å². The number of rotatable bonds is 2. The van der Waals surface area contributed by atoms with Crippen LogP contribution in [-0.4, -0.2) is 11.5 Å². The van der Waals surface area contributed by atoms with Crippen LogP contribution in [0, 0.1) is 0 Å². The van der Waals surface area contributed by atoms with Crippen LogP contribution in [0.2, 0.25) is 0 Å². The van der Waals surface area contributed by atoms with E-state index in [4.69, 9.17) is 0 Å². The molecule has 15 heavy (non-hydrogen) atoms. The summed E-state index contributed by atoms with van der Waals surface area (Å²) < 4.78 is 0. The number of para-hydroxylation sites is 1. The van der Waals surface area contributed by atoms with Crippen molar-refractivity contribution < 1.29 is 0 Å². The molecule has 0 fully saturated rings. The Balaban J connectivity index is 2.16. The number of nitrogens with one attached hydrogen (secondary N) is 2. The second-order valence-electron chi connectivity index (χ2n) is 4.21. The fourth-order valence-electron chi connectivity index (χ4n) is 2.70. The van der Waals surface area contributed by atoms with E-state index < -0.39 is 0 Å². The van der Waals surface area contributed by atoms with Crippen molar-refractivity contribution >= 4 is 10.9 Å². The number of hydrogen-bond acceptors (Lipinski definition) is 1. The first-order chi connectivity index (χ1) is 7.40. The van der Waals surface area contributed by atoms with Gasteiger partial charge in [-0.25, -0.2) is 0 Å². The zero-order chi connectivity index (χ0) is 10.3. The van der Waals surface area contributed by atoms with Gasteiger partial charge in [0.1, 0.15) is 0 Å². The van der Waals surface area contributed by atoms with Gasteiger partial charge in [-0.05, 0) is 31.0 Å². The lowest BCUT2D eigenvalue weighted by molar-refractivity contribution is 0.551. The van der Waals surface area contributed by atoms with Gasteiger partial charge in [0.25, 0.3) is 0 Å². The van der Waals surface area contributed by atoms with Gasteiger partial charge in [0.2, 0.25) is 0 Å². The Kier molecular flexibility index (Phi) is 2.03. The lowest BCUT2D eigenvalue weighted by Crippen LogP contribution is -2.18. The van der Waals surface area contributed by atoms with E-state index in [-0.39, 0.29) is 0 Å². The smallest absolute Gasteiger partial charge is 0.0459 e. The van der Waals surface area contributed by atoms with Crippen LogP contribution in [0.1, 0.15) is 30.6 Å². The summed E-state index contributed by atoms with van der Waals surface area (Å²) >= 11 is 0. The lowest BCUT2D eigenvalue weighted by Gasteiger charge is -2.11. The average molecular weight is 200 g/mol. The monoisotopic (exact) mass is 200 g/mol. The molecule has 0 aliphatic heterocycles. The molecule has 3 rings (SSSR count). The van der Waals surface area contributed by atoms with Crippen molar-refractivity contribution in [2.45, 2.75) is 25.8 Å². The van der Waals surface area contributed by atoms with Crippen LogP contribution in [0.25, 0.3) is 10.9 Å². The summed E-state index contributed by atoms with van der Waals surface area (Å²) in [5.41, 5.74) is 4.22. The molecule has 1 aromatic heterocycles. The molecular weight excluding hydrogens is 184 g/mol. The molecule has 0 spiro atoms. The third kappa shape index (κ3) is 1.29. The topological polar surface area (TPSA) is 27.8 Å². The fraction of sp³-hybridized carbons (Fsp3) is 0.385. The second-order valence-corrected chi connectivity index (χ2v) is 4.21. The molecule has 0 amide bonds.